The van der Waals surface area contributed by atoms with Gasteiger partial charge in [-0.3, -0.25) is 0 Å². The molecule has 0 fully saturated rings. The topological polar surface area (TPSA) is 98.5 Å². The average molecular weight is 365 g/mol. The highest BCUT2D eigenvalue weighted by Crippen LogP contribution is 2.17. The molecule has 0 heterocycles. The SMILES string of the molecule is CCCCC(CN)NS(=O)(=O)c1ccc(C)c(C(=O)OC)c1.Cl. The molecule has 1 aromatic rings. The summed E-state index contributed by atoms with van der Waals surface area (Å²) in [6.45, 7) is 3.99. The number of benzene rings is 1. The Morgan fingerprint density at radius 1 is 1.39 bits per heavy atom. The number of ether oxygens (including phenoxy) is 1. The number of carbonyl (C=O) groups is 1. The third-order valence-electron chi connectivity index (χ3n) is 3.44. The van der Waals surface area contributed by atoms with Crippen LogP contribution in [0.15, 0.2) is 23.1 Å². The lowest BCUT2D eigenvalue weighted by Gasteiger charge is -2.17. The van der Waals surface area contributed by atoms with Gasteiger partial charge in [-0.2, -0.15) is 0 Å². The molecule has 0 saturated carbocycles. The summed E-state index contributed by atoms with van der Waals surface area (Å²) >= 11 is 0. The summed E-state index contributed by atoms with van der Waals surface area (Å²) in [7, 11) is -2.46. The van der Waals surface area contributed by atoms with Crippen molar-refractivity contribution in [2.75, 3.05) is 13.7 Å². The van der Waals surface area contributed by atoms with Gasteiger partial charge in [0, 0.05) is 12.6 Å². The number of nitrogens with two attached hydrogens (primary N) is 1. The van der Waals surface area contributed by atoms with Gasteiger partial charge in [0.25, 0.3) is 0 Å². The fourth-order valence-corrected chi connectivity index (χ4v) is 3.37. The smallest absolute Gasteiger partial charge is 0.338 e. The van der Waals surface area contributed by atoms with Gasteiger partial charge in [0.1, 0.15) is 0 Å². The Hall–Kier alpha value is -1.15. The number of carbonyl (C=O) groups excluding carboxylic acids is 1. The van der Waals surface area contributed by atoms with Crippen LogP contribution in [0.2, 0.25) is 0 Å². The molecule has 0 bridgehead atoms. The fraction of sp³-hybridized carbons (Fsp3) is 0.533. The minimum Gasteiger partial charge on any atom is -0.465 e. The second kappa shape index (κ2) is 9.87. The number of unbranched alkanes of at least 4 members (excludes halogenated alkanes) is 1. The molecule has 0 saturated heterocycles. The number of nitrogens with one attached hydrogen (secondary N) is 1. The zero-order valence-electron chi connectivity index (χ0n) is 13.7. The third kappa shape index (κ3) is 6.10. The van der Waals surface area contributed by atoms with Gasteiger partial charge in [-0.15, -0.1) is 12.4 Å². The van der Waals surface area contributed by atoms with Gasteiger partial charge >= 0.3 is 5.97 Å². The number of methoxy groups -OCH3 is 1. The summed E-state index contributed by atoms with van der Waals surface area (Å²) in [6, 6.07) is 4.08. The molecule has 0 amide bonds. The first-order valence-electron chi connectivity index (χ1n) is 7.27. The second-order valence-electron chi connectivity index (χ2n) is 5.16. The molecule has 0 aliphatic heterocycles. The quantitative estimate of drug-likeness (QED) is 0.687. The predicted molar refractivity (Wildman–Crippen MR) is 92.5 cm³/mol. The first-order valence-corrected chi connectivity index (χ1v) is 8.75. The van der Waals surface area contributed by atoms with E-state index < -0.39 is 16.0 Å². The molecule has 0 aliphatic rings. The molecule has 1 atom stereocenters. The van der Waals surface area contributed by atoms with Crippen molar-refractivity contribution < 1.29 is 17.9 Å². The number of hydrogen-bond donors (Lipinski definition) is 2. The van der Waals surface area contributed by atoms with Crippen LogP contribution < -0.4 is 10.5 Å². The van der Waals surface area contributed by atoms with Crippen LogP contribution in [0, 0.1) is 6.92 Å². The van der Waals surface area contributed by atoms with Gasteiger partial charge in [0.15, 0.2) is 0 Å². The van der Waals surface area contributed by atoms with E-state index in [1.807, 2.05) is 6.92 Å². The fourth-order valence-electron chi connectivity index (χ4n) is 2.06. The van der Waals surface area contributed by atoms with Gasteiger partial charge in [-0.1, -0.05) is 25.8 Å². The average Bonchev–Trinajstić information content (AvgIpc) is 2.50. The van der Waals surface area contributed by atoms with E-state index >= 15 is 0 Å². The minimum absolute atomic E-state index is 0. The lowest BCUT2D eigenvalue weighted by Crippen LogP contribution is -2.40. The highest BCUT2D eigenvalue weighted by molar-refractivity contribution is 7.89. The van der Waals surface area contributed by atoms with Crippen LogP contribution >= 0.6 is 12.4 Å². The molecular formula is C15H25ClN2O4S. The Balaban J connectivity index is 0.00000484. The Bertz CT molecular complexity index is 620. The highest BCUT2D eigenvalue weighted by Gasteiger charge is 2.21. The maximum absolute atomic E-state index is 12.4. The van der Waals surface area contributed by atoms with E-state index in [1.165, 1.54) is 19.2 Å². The molecule has 6 nitrogen and oxygen atoms in total. The summed E-state index contributed by atoms with van der Waals surface area (Å²) in [5, 5.41) is 0. The molecule has 0 radical (unpaired) electrons. The lowest BCUT2D eigenvalue weighted by atomic mass is 10.1. The first-order chi connectivity index (χ1) is 10.4. The monoisotopic (exact) mass is 364 g/mol. The lowest BCUT2D eigenvalue weighted by molar-refractivity contribution is 0.0599. The number of hydrogen-bond acceptors (Lipinski definition) is 5. The highest BCUT2D eigenvalue weighted by atomic mass is 35.5. The third-order valence-corrected chi connectivity index (χ3v) is 4.96. The molecule has 1 rings (SSSR count). The van der Waals surface area contributed by atoms with E-state index in [4.69, 9.17) is 5.73 Å². The molecule has 1 aromatic carbocycles. The number of aryl methyl sites for hydroxylation is 1. The van der Waals surface area contributed by atoms with Crippen LogP contribution in [-0.4, -0.2) is 34.1 Å². The van der Waals surface area contributed by atoms with Crippen molar-refractivity contribution in [3.63, 3.8) is 0 Å². The van der Waals surface area contributed by atoms with Crippen LogP contribution in [0.4, 0.5) is 0 Å². The Morgan fingerprint density at radius 3 is 2.57 bits per heavy atom. The van der Waals surface area contributed by atoms with Gasteiger partial charge in [-0.05, 0) is 31.0 Å². The molecule has 3 N–H and O–H groups in total. The maximum Gasteiger partial charge on any atom is 0.338 e. The number of rotatable bonds is 8. The molecule has 1 unspecified atom stereocenters. The Morgan fingerprint density at radius 2 is 2.04 bits per heavy atom. The van der Waals surface area contributed by atoms with E-state index in [1.54, 1.807) is 13.0 Å². The van der Waals surface area contributed by atoms with Crippen molar-refractivity contribution in [2.45, 2.75) is 44.0 Å². The van der Waals surface area contributed by atoms with Crippen molar-refractivity contribution in [2.24, 2.45) is 5.73 Å². The van der Waals surface area contributed by atoms with Crippen LogP contribution in [0.5, 0.6) is 0 Å². The predicted octanol–water partition coefficient (Wildman–Crippen LogP) is 2.00. The summed E-state index contributed by atoms with van der Waals surface area (Å²) in [5.74, 6) is -0.559. The summed E-state index contributed by atoms with van der Waals surface area (Å²) in [5.41, 5.74) is 6.52. The van der Waals surface area contributed by atoms with Crippen molar-refractivity contribution in [1.82, 2.24) is 4.72 Å². The standard InChI is InChI=1S/C15H24N2O4S.ClH/c1-4-5-6-12(10-16)17-22(19,20)13-8-7-11(2)14(9-13)15(18)21-3;/h7-9,12,17H,4-6,10,16H2,1-3H3;1H. The first kappa shape index (κ1) is 21.9. The summed E-state index contributed by atoms with van der Waals surface area (Å²) < 4.78 is 32.1. The molecule has 0 spiro atoms. The van der Waals surface area contributed by atoms with Crippen molar-refractivity contribution in [3.05, 3.63) is 29.3 Å². The van der Waals surface area contributed by atoms with Gasteiger partial charge in [0.2, 0.25) is 10.0 Å². The molecule has 0 aromatic heterocycles. The summed E-state index contributed by atoms with van der Waals surface area (Å²) in [4.78, 5) is 11.7. The number of esters is 1. The maximum atomic E-state index is 12.4. The number of sulfonamides is 1. The second-order valence-corrected chi connectivity index (χ2v) is 6.88. The van der Waals surface area contributed by atoms with Crippen LogP contribution in [0.1, 0.15) is 42.1 Å². The minimum atomic E-state index is -3.72. The Kier molecular flexibility index (Phi) is 9.38. The van der Waals surface area contributed by atoms with Gasteiger partial charge in [-0.25, -0.2) is 17.9 Å². The number of halogens is 1. The normalized spacial score (nSPS) is 12.3. The molecule has 132 valence electrons. The zero-order chi connectivity index (χ0) is 16.8. The molecule has 23 heavy (non-hydrogen) atoms. The van der Waals surface area contributed by atoms with E-state index in [2.05, 4.69) is 9.46 Å². The van der Waals surface area contributed by atoms with Crippen LogP contribution in [0.3, 0.4) is 0 Å². The summed E-state index contributed by atoms with van der Waals surface area (Å²) in [6.07, 6.45) is 2.54. The van der Waals surface area contributed by atoms with Crippen molar-refractivity contribution in [3.8, 4) is 0 Å². The van der Waals surface area contributed by atoms with E-state index in [0.717, 1.165) is 12.8 Å². The van der Waals surface area contributed by atoms with Gasteiger partial charge < -0.3 is 10.5 Å². The van der Waals surface area contributed by atoms with Crippen LogP contribution in [0.25, 0.3) is 0 Å². The van der Waals surface area contributed by atoms with E-state index in [0.29, 0.717) is 12.0 Å². The van der Waals surface area contributed by atoms with Crippen molar-refractivity contribution in [1.29, 1.82) is 0 Å². The van der Waals surface area contributed by atoms with E-state index in [9.17, 15) is 13.2 Å². The van der Waals surface area contributed by atoms with Gasteiger partial charge in [0.05, 0.1) is 17.6 Å². The van der Waals surface area contributed by atoms with E-state index in [-0.39, 0.29) is 35.5 Å². The zero-order valence-corrected chi connectivity index (χ0v) is 15.3. The largest absolute Gasteiger partial charge is 0.465 e. The Labute approximate surface area is 144 Å². The molecule has 0 aliphatic carbocycles. The van der Waals surface area contributed by atoms with Crippen molar-refractivity contribution >= 4 is 28.4 Å². The molecule has 8 heteroatoms. The molecular weight excluding hydrogens is 340 g/mol. The van der Waals surface area contributed by atoms with Crippen LogP contribution in [-0.2, 0) is 14.8 Å².